The molecule has 1 heterocycles. The van der Waals surface area contributed by atoms with Gasteiger partial charge in [0.2, 0.25) is 10.0 Å². The summed E-state index contributed by atoms with van der Waals surface area (Å²) in [5, 5.41) is 11.2. The molecule has 29 heavy (non-hydrogen) atoms. The maximum absolute atomic E-state index is 15.1. The first-order chi connectivity index (χ1) is 13.6. The van der Waals surface area contributed by atoms with Crippen molar-refractivity contribution in [3.63, 3.8) is 0 Å². The number of nitrogens with zero attached hydrogens (tertiary/aromatic N) is 1. The van der Waals surface area contributed by atoms with Gasteiger partial charge in [-0.3, -0.25) is 4.79 Å². The number of ether oxygens (including phenoxy) is 1. The van der Waals surface area contributed by atoms with Crippen molar-refractivity contribution in [2.75, 3.05) is 18.5 Å². The van der Waals surface area contributed by atoms with Crippen LogP contribution in [0.1, 0.15) is 28.4 Å². The van der Waals surface area contributed by atoms with E-state index in [1.54, 1.807) is 13.0 Å². The van der Waals surface area contributed by atoms with E-state index in [1.165, 1.54) is 19.1 Å². The van der Waals surface area contributed by atoms with E-state index in [9.17, 15) is 17.6 Å². The number of sulfonamides is 1. The minimum atomic E-state index is -4.25. The van der Waals surface area contributed by atoms with Gasteiger partial charge >= 0.3 is 0 Å². The van der Waals surface area contributed by atoms with Gasteiger partial charge in [-0.2, -0.15) is 5.26 Å². The zero-order valence-electron chi connectivity index (χ0n) is 15.5. The third kappa shape index (κ3) is 4.12. The van der Waals surface area contributed by atoms with Crippen molar-refractivity contribution in [3.05, 3.63) is 58.7 Å². The molecule has 0 spiro atoms. The van der Waals surface area contributed by atoms with E-state index >= 15 is 4.39 Å². The number of anilines is 1. The molecule has 0 saturated carbocycles. The summed E-state index contributed by atoms with van der Waals surface area (Å²) in [6, 6.07) is 7.33. The second-order valence-electron chi connectivity index (χ2n) is 6.99. The lowest BCUT2D eigenvalue weighted by molar-refractivity contribution is -0.0523. The van der Waals surface area contributed by atoms with Crippen LogP contribution in [0.25, 0.3) is 0 Å². The lowest BCUT2D eigenvalue weighted by Crippen LogP contribution is -2.59. The van der Waals surface area contributed by atoms with Gasteiger partial charge in [0, 0.05) is 5.69 Å². The second-order valence-corrected chi connectivity index (χ2v) is 8.64. The van der Waals surface area contributed by atoms with Crippen molar-refractivity contribution >= 4 is 21.6 Å². The van der Waals surface area contributed by atoms with Crippen LogP contribution in [0.5, 0.6) is 0 Å². The lowest BCUT2D eigenvalue weighted by atomic mass is 10.0. The summed E-state index contributed by atoms with van der Waals surface area (Å²) in [5.74, 6) is -2.90. The summed E-state index contributed by atoms with van der Waals surface area (Å²) in [4.78, 5) is 11.9. The number of aryl methyl sites for hydroxylation is 1. The zero-order valence-corrected chi connectivity index (χ0v) is 16.4. The summed E-state index contributed by atoms with van der Waals surface area (Å²) in [7, 11) is -4.25. The summed E-state index contributed by atoms with van der Waals surface area (Å²) in [6.45, 7) is 3.38. The number of benzene rings is 2. The first kappa shape index (κ1) is 20.9. The predicted octanol–water partition coefficient (Wildman–Crippen LogP) is 2.46. The summed E-state index contributed by atoms with van der Waals surface area (Å²) in [6.07, 6.45) is 0. The number of hydrogen-bond acceptors (Lipinski definition) is 5. The largest absolute Gasteiger partial charge is 0.377 e. The number of nitriles is 1. The molecule has 0 atom stereocenters. The molecule has 0 aromatic heterocycles. The van der Waals surface area contributed by atoms with Gasteiger partial charge < -0.3 is 10.1 Å². The van der Waals surface area contributed by atoms with Crippen LogP contribution in [0.15, 0.2) is 35.2 Å². The second kappa shape index (κ2) is 7.51. The number of amides is 1. The van der Waals surface area contributed by atoms with Crippen LogP contribution in [0.4, 0.5) is 14.5 Å². The lowest BCUT2D eigenvalue weighted by Gasteiger charge is -2.38. The SMILES string of the molecule is Cc1ccc(S(=O)(=O)NC2(C)COC2)c(F)c1C(=O)Nc1ccc(F)c(C#N)c1. The van der Waals surface area contributed by atoms with Gasteiger partial charge in [-0.05, 0) is 43.7 Å². The maximum atomic E-state index is 15.1. The molecule has 0 radical (unpaired) electrons. The third-order valence-electron chi connectivity index (χ3n) is 4.40. The van der Waals surface area contributed by atoms with Gasteiger partial charge in [0.05, 0.1) is 29.9 Å². The van der Waals surface area contributed by atoms with Crippen LogP contribution in [0.2, 0.25) is 0 Å². The first-order valence-corrected chi connectivity index (χ1v) is 9.96. The van der Waals surface area contributed by atoms with Crippen molar-refractivity contribution in [2.45, 2.75) is 24.3 Å². The Morgan fingerprint density at radius 3 is 2.52 bits per heavy atom. The molecular formula is C19H17F2N3O4S. The Kier molecular flexibility index (Phi) is 5.40. The van der Waals surface area contributed by atoms with Crippen LogP contribution in [-0.4, -0.2) is 33.1 Å². The average molecular weight is 421 g/mol. The fourth-order valence-corrected chi connectivity index (χ4v) is 4.33. The molecule has 1 amide bonds. The molecule has 0 aliphatic carbocycles. The summed E-state index contributed by atoms with van der Waals surface area (Å²) >= 11 is 0. The Morgan fingerprint density at radius 1 is 1.24 bits per heavy atom. The molecule has 7 nitrogen and oxygen atoms in total. The van der Waals surface area contributed by atoms with E-state index in [1.807, 2.05) is 0 Å². The Morgan fingerprint density at radius 2 is 1.93 bits per heavy atom. The van der Waals surface area contributed by atoms with Crippen molar-refractivity contribution in [1.29, 1.82) is 5.26 Å². The van der Waals surface area contributed by atoms with Gasteiger partial charge in [-0.15, -0.1) is 0 Å². The van der Waals surface area contributed by atoms with Gasteiger partial charge in [0.25, 0.3) is 5.91 Å². The van der Waals surface area contributed by atoms with E-state index in [0.29, 0.717) is 0 Å². The molecule has 1 aliphatic rings. The monoisotopic (exact) mass is 421 g/mol. The molecule has 1 fully saturated rings. The van der Waals surface area contributed by atoms with Gasteiger partial charge in [-0.25, -0.2) is 21.9 Å². The summed E-state index contributed by atoms with van der Waals surface area (Å²) < 4.78 is 61.1. The number of nitrogens with one attached hydrogen (secondary N) is 2. The van der Waals surface area contributed by atoms with Crippen molar-refractivity contribution in [1.82, 2.24) is 4.72 Å². The van der Waals surface area contributed by atoms with Crippen LogP contribution >= 0.6 is 0 Å². The molecule has 0 bridgehead atoms. The van der Waals surface area contributed by atoms with E-state index in [-0.39, 0.29) is 30.0 Å². The molecule has 1 saturated heterocycles. The van der Waals surface area contributed by atoms with Crippen LogP contribution in [0.3, 0.4) is 0 Å². The Hall–Kier alpha value is -2.87. The normalized spacial score (nSPS) is 15.3. The van der Waals surface area contributed by atoms with E-state index in [2.05, 4.69) is 10.0 Å². The molecule has 2 aromatic carbocycles. The fraction of sp³-hybridized carbons (Fsp3) is 0.263. The zero-order chi connectivity index (χ0) is 21.4. The topological polar surface area (TPSA) is 108 Å². The first-order valence-electron chi connectivity index (χ1n) is 8.48. The Labute approximate surface area is 166 Å². The molecule has 2 aromatic rings. The molecule has 10 heteroatoms. The summed E-state index contributed by atoms with van der Waals surface area (Å²) in [5.41, 5.74) is -1.33. The minimum absolute atomic E-state index is 0.0669. The molecule has 2 N–H and O–H groups in total. The highest BCUT2D eigenvalue weighted by atomic mass is 32.2. The number of hydrogen-bond donors (Lipinski definition) is 2. The van der Waals surface area contributed by atoms with E-state index in [4.69, 9.17) is 10.00 Å². The minimum Gasteiger partial charge on any atom is -0.377 e. The van der Waals surface area contributed by atoms with E-state index in [0.717, 1.165) is 18.2 Å². The van der Waals surface area contributed by atoms with Crippen LogP contribution < -0.4 is 10.0 Å². The smallest absolute Gasteiger partial charge is 0.258 e. The highest BCUT2D eigenvalue weighted by molar-refractivity contribution is 7.89. The van der Waals surface area contributed by atoms with Crippen molar-refractivity contribution in [2.24, 2.45) is 0 Å². The van der Waals surface area contributed by atoms with Crippen molar-refractivity contribution in [3.8, 4) is 6.07 Å². The molecule has 0 unspecified atom stereocenters. The van der Waals surface area contributed by atoms with Gasteiger partial charge in [0.1, 0.15) is 16.8 Å². The van der Waals surface area contributed by atoms with Crippen LogP contribution in [-0.2, 0) is 14.8 Å². The number of carbonyl (C=O) groups is 1. The number of carbonyl (C=O) groups excluding carboxylic acids is 1. The van der Waals surface area contributed by atoms with Gasteiger partial charge in [-0.1, -0.05) is 6.07 Å². The third-order valence-corrected chi connectivity index (χ3v) is 6.05. The van der Waals surface area contributed by atoms with Crippen LogP contribution in [0, 0.1) is 29.9 Å². The molecule has 152 valence electrons. The quantitative estimate of drug-likeness (QED) is 0.771. The Bertz CT molecular complexity index is 1140. The van der Waals surface area contributed by atoms with Crippen molar-refractivity contribution < 1.29 is 26.7 Å². The average Bonchev–Trinajstić information content (AvgIpc) is 2.61. The highest BCUT2D eigenvalue weighted by Crippen LogP contribution is 2.26. The highest BCUT2D eigenvalue weighted by Gasteiger charge is 2.39. The molecule has 3 rings (SSSR count). The molecular weight excluding hydrogens is 404 g/mol. The predicted molar refractivity (Wildman–Crippen MR) is 99.8 cm³/mol. The molecule has 1 aliphatic heterocycles. The number of rotatable bonds is 5. The maximum Gasteiger partial charge on any atom is 0.258 e. The van der Waals surface area contributed by atoms with E-state index < -0.39 is 43.6 Å². The Balaban J connectivity index is 1.94. The van der Waals surface area contributed by atoms with Gasteiger partial charge in [0.15, 0.2) is 5.82 Å². The number of halogens is 2. The standard InChI is InChI=1S/C19H17F2N3O4S/c1-11-3-6-15(29(26,27)24-19(2)9-28-10-19)17(21)16(11)18(25)23-13-4-5-14(20)12(7-13)8-22/h3-7,24H,9-10H2,1-2H3,(H,23,25). The fourth-order valence-electron chi connectivity index (χ4n) is 2.87.